The van der Waals surface area contributed by atoms with Crippen molar-refractivity contribution in [3.63, 3.8) is 0 Å². The van der Waals surface area contributed by atoms with Crippen LogP contribution in [0.4, 0.5) is 0 Å². The van der Waals surface area contributed by atoms with Crippen LogP contribution in [0.1, 0.15) is 11.1 Å². The predicted octanol–water partition coefficient (Wildman–Crippen LogP) is 3.03. The van der Waals surface area contributed by atoms with Gasteiger partial charge < -0.3 is 14.9 Å². The molecule has 0 saturated heterocycles. The SMILES string of the molecule is COc1cc(C=C(C(=O)O)c2ccccc2)ccc1O. The molecule has 4 nitrogen and oxygen atoms in total. The van der Waals surface area contributed by atoms with Crippen LogP contribution < -0.4 is 4.74 Å². The lowest BCUT2D eigenvalue weighted by Crippen LogP contribution is -1.99. The molecule has 0 radical (unpaired) electrons. The van der Waals surface area contributed by atoms with Gasteiger partial charge in [-0.2, -0.15) is 0 Å². The number of carboxylic acid groups (broad SMARTS) is 1. The van der Waals surface area contributed by atoms with Gasteiger partial charge in [0.15, 0.2) is 11.5 Å². The van der Waals surface area contributed by atoms with Gasteiger partial charge in [0.2, 0.25) is 0 Å². The second-order valence-corrected chi connectivity index (χ2v) is 4.16. The third kappa shape index (κ3) is 2.98. The maximum absolute atomic E-state index is 11.4. The minimum atomic E-state index is -1.01. The van der Waals surface area contributed by atoms with Gasteiger partial charge in [-0.05, 0) is 29.3 Å². The van der Waals surface area contributed by atoms with Crippen LogP contribution in [0.25, 0.3) is 11.6 Å². The molecule has 0 aromatic heterocycles. The normalized spacial score (nSPS) is 11.2. The van der Waals surface area contributed by atoms with Gasteiger partial charge in [-0.15, -0.1) is 0 Å². The molecule has 0 unspecified atom stereocenters. The number of aromatic hydroxyl groups is 1. The lowest BCUT2D eigenvalue weighted by molar-refractivity contribution is -0.130. The van der Waals surface area contributed by atoms with Crippen LogP contribution in [0.2, 0.25) is 0 Å². The zero-order chi connectivity index (χ0) is 14.5. The molecule has 2 aromatic rings. The topological polar surface area (TPSA) is 66.8 Å². The molecule has 102 valence electrons. The largest absolute Gasteiger partial charge is 0.504 e. The molecule has 0 aliphatic carbocycles. The van der Waals surface area contributed by atoms with Crippen LogP contribution in [-0.4, -0.2) is 23.3 Å². The van der Waals surface area contributed by atoms with Gasteiger partial charge in [-0.3, -0.25) is 0 Å². The summed E-state index contributed by atoms with van der Waals surface area (Å²) in [4.78, 5) is 11.4. The number of carboxylic acids is 1. The Morgan fingerprint density at radius 2 is 1.85 bits per heavy atom. The lowest BCUT2D eigenvalue weighted by atomic mass is 10.0. The van der Waals surface area contributed by atoms with Gasteiger partial charge >= 0.3 is 5.97 Å². The number of phenols is 1. The fourth-order valence-electron chi connectivity index (χ4n) is 1.84. The number of ether oxygens (including phenoxy) is 1. The minimum absolute atomic E-state index is 0.0150. The van der Waals surface area contributed by atoms with Crippen LogP contribution in [0, 0.1) is 0 Å². The summed E-state index contributed by atoms with van der Waals surface area (Å²) in [5, 5.41) is 18.9. The second-order valence-electron chi connectivity index (χ2n) is 4.16. The van der Waals surface area contributed by atoms with Crippen molar-refractivity contribution >= 4 is 17.6 Å². The molecular formula is C16H14O4. The van der Waals surface area contributed by atoms with Crippen LogP contribution in [0.15, 0.2) is 48.5 Å². The lowest BCUT2D eigenvalue weighted by Gasteiger charge is -2.06. The van der Waals surface area contributed by atoms with Gasteiger partial charge in [0, 0.05) is 0 Å². The van der Waals surface area contributed by atoms with Gasteiger partial charge in [-0.25, -0.2) is 4.79 Å². The first kappa shape index (κ1) is 13.7. The number of rotatable bonds is 4. The summed E-state index contributed by atoms with van der Waals surface area (Å²) >= 11 is 0. The first-order chi connectivity index (χ1) is 9.61. The highest BCUT2D eigenvalue weighted by atomic mass is 16.5. The summed E-state index contributed by atoms with van der Waals surface area (Å²) in [5.74, 6) is -0.693. The maximum Gasteiger partial charge on any atom is 0.336 e. The Hall–Kier alpha value is -2.75. The van der Waals surface area contributed by atoms with E-state index in [4.69, 9.17) is 4.74 Å². The smallest absolute Gasteiger partial charge is 0.336 e. The molecule has 0 aliphatic rings. The van der Waals surface area contributed by atoms with Crippen molar-refractivity contribution in [1.29, 1.82) is 0 Å². The van der Waals surface area contributed by atoms with E-state index in [1.807, 2.05) is 6.07 Å². The summed E-state index contributed by atoms with van der Waals surface area (Å²) in [6, 6.07) is 13.5. The van der Waals surface area contributed by atoms with Crippen molar-refractivity contribution in [2.45, 2.75) is 0 Å². The highest BCUT2D eigenvalue weighted by Crippen LogP contribution is 2.28. The van der Waals surface area contributed by atoms with E-state index in [0.29, 0.717) is 16.9 Å². The van der Waals surface area contributed by atoms with Gasteiger partial charge in [-0.1, -0.05) is 36.4 Å². The fourth-order valence-corrected chi connectivity index (χ4v) is 1.84. The average molecular weight is 270 g/mol. The Morgan fingerprint density at radius 3 is 2.45 bits per heavy atom. The fraction of sp³-hybridized carbons (Fsp3) is 0.0625. The number of methoxy groups -OCH3 is 1. The molecule has 0 amide bonds. The van der Waals surface area contributed by atoms with E-state index >= 15 is 0 Å². The number of hydrogen-bond acceptors (Lipinski definition) is 3. The molecule has 0 saturated carbocycles. The summed E-state index contributed by atoms with van der Waals surface area (Å²) in [5.41, 5.74) is 1.44. The van der Waals surface area contributed by atoms with Crippen LogP contribution in [0.3, 0.4) is 0 Å². The zero-order valence-corrected chi connectivity index (χ0v) is 10.9. The van der Waals surface area contributed by atoms with E-state index in [0.717, 1.165) is 0 Å². The van der Waals surface area contributed by atoms with E-state index in [1.165, 1.54) is 13.2 Å². The molecule has 20 heavy (non-hydrogen) atoms. The first-order valence-corrected chi connectivity index (χ1v) is 5.99. The number of hydrogen-bond donors (Lipinski definition) is 2. The van der Waals surface area contributed by atoms with Crippen LogP contribution in [0.5, 0.6) is 11.5 Å². The highest BCUT2D eigenvalue weighted by Gasteiger charge is 2.10. The van der Waals surface area contributed by atoms with Crippen molar-refractivity contribution in [1.82, 2.24) is 0 Å². The Kier molecular flexibility index (Phi) is 4.05. The quantitative estimate of drug-likeness (QED) is 0.662. The molecule has 2 aromatic carbocycles. The third-order valence-corrected chi connectivity index (χ3v) is 2.83. The average Bonchev–Trinajstić information content (AvgIpc) is 2.47. The molecule has 2 N–H and O–H groups in total. The molecule has 2 rings (SSSR count). The van der Waals surface area contributed by atoms with E-state index < -0.39 is 5.97 Å². The zero-order valence-electron chi connectivity index (χ0n) is 10.9. The molecule has 0 bridgehead atoms. The molecule has 0 spiro atoms. The van der Waals surface area contributed by atoms with Gasteiger partial charge in [0.05, 0.1) is 12.7 Å². The van der Waals surface area contributed by atoms with E-state index in [-0.39, 0.29) is 11.3 Å². The van der Waals surface area contributed by atoms with Crippen molar-refractivity contribution in [2.75, 3.05) is 7.11 Å². The van der Waals surface area contributed by atoms with E-state index in [2.05, 4.69) is 0 Å². The highest BCUT2D eigenvalue weighted by molar-refractivity contribution is 6.20. The number of carbonyl (C=O) groups is 1. The van der Waals surface area contributed by atoms with Crippen molar-refractivity contribution < 1.29 is 19.7 Å². The number of benzene rings is 2. The number of aliphatic carboxylic acids is 1. The Labute approximate surface area is 116 Å². The van der Waals surface area contributed by atoms with Crippen molar-refractivity contribution in [3.05, 3.63) is 59.7 Å². The standard InChI is InChI=1S/C16H14O4/c1-20-15-10-11(7-8-14(15)17)9-13(16(18)19)12-5-3-2-4-6-12/h2-10,17H,1H3,(H,18,19). The van der Waals surface area contributed by atoms with E-state index in [1.54, 1.807) is 42.5 Å². The van der Waals surface area contributed by atoms with Gasteiger partial charge in [0.1, 0.15) is 0 Å². The Balaban J connectivity index is 2.47. The Morgan fingerprint density at radius 1 is 1.15 bits per heavy atom. The van der Waals surface area contributed by atoms with Crippen LogP contribution >= 0.6 is 0 Å². The predicted molar refractivity (Wildman–Crippen MR) is 76.6 cm³/mol. The van der Waals surface area contributed by atoms with Gasteiger partial charge in [0.25, 0.3) is 0 Å². The van der Waals surface area contributed by atoms with Crippen molar-refractivity contribution in [3.8, 4) is 11.5 Å². The monoisotopic (exact) mass is 270 g/mol. The molecule has 0 fully saturated rings. The Bertz CT molecular complexity index is 645. The number of phenolic OH excluding ortho intramolecular Hbond substituents is 1. The summed E-state index contributed by atoms with van der Waals surface area (Å²) in [6.07, 6.45) is 1.54. The van der Waals surface area contributed by atoms with Crippen LogP contribution in [-0.2, 0) is 4.79 Å². The molecule has 0 atom stereocenters. The first-order valence-electron chi connectivity index (χ1n) is 5.99. The molecular weight excluding hydrogens is 256 g/mol. The summed E-state index contributed by atoms with van der Waals surface area (Å²) < 4.78 is 5.01. The molecule has 4 heteroatoms. The summed E-state index contributed by atoms with van der Waals surface area (Å²) in [6.45, 7) is 0. The third-order valence-electron chi connectivity index (χ3n) is 2.83. The minimum Gasteiger partial charge on any atom is -0.504 e. The molecule has 0 aliphatic heterocycles. The second kappa shape index (κ2) is 5.93. The summed E-state index contributed by atoms with van der Waals surface area (Å²) in [7, 11) is 1.44. The van der Waals surface area contributed by atoms with E-state index in [9.17, 15) is 15.0 Å². The van der Waals surface area contributed by atoms with Crippen molar-refractivity contribution in [2.24, 2.45) is 0 Å². The maximum atomic E-state index is 11.4. The molecule has 0 heterocycles.